The number of carbonyl (C=O) groups is 1. The number of nitrogens with two attached hydrogens (primary N) is 1. The summed E-state index contributed by atoms with van der Waals surface area (Å²) in [5.74, 6) is -1.65. The number of rotatable bonds is 7. The Morgan fingerprint density at radius 2 is 1.74 bits per heavy atom. The number of fused-ring (bicyclic) bond motifs is 1. The van der Waals surface area contributed by atoms with Gasteiger partial charge in [-0.3, -0.25) is 19.0 Å². The number of H-pyrrole nitrogens is 1. The number of primary amides is 1. The predicted molar refractivity (Wildman–Crippen MR) is 148 cm³/mol. The van der Waals surface area contributed by atoms with E-state index in [0.717, 1.165) is 28.5 Å². The number of benzene rings is 3. The Balaban J connectivity index is 0.00000135. The van der Waals surface area contributed by atoms with Crippen molar-refractivity contribution in [1.82, 2.24) is 19.3 Å². The lowest BCUT2D eigenvalue weighted by molar-refractivity contribution is -0.137. The summed E-state index contributed by atoms with van der Waals surface area (Å²) in [6.07, 6.45) is -4.51. The molecule has 5 rings (SSSR count). The van der Waals surface area contributed by atoms with Crippen LogP contribution in [-0.2, 0) is 31.2 Å². The molecule has 0 saturated heterocycles. The molecule has 43 heavy (non-hydrogen) atoms. The molecule has 1 amide bonds. The third kappa shape index (κ3) is 6.52. The molecule has 0 unspecified atom stereocenters. The van der Waals surface area contributed by atoms with Crippen molar-refractivity contribution in [3.63, 3.8) is 0 Å². The van der Waals surface area contributed by atoms with Gasteiger partial charge in [0.15, 0.2) is 17.3 Å². The fraction of sp³-hybridized carbons (Fsp3) is 0.207. The van der Waals surface area contributed by atoms with Gasteiger partial charge in [-0.1, -0.05) is 12.1 Å². The zero-order valence-corrected chi connectivity index (χ0v) is 23.1. The Hall–Kier alpha value is -5.14. The van der Waals surface area contributed by atoms with Crippen LogP contribution >= 0.6 is 0 Å². The van der Waals surface area contributed by atoms with Crippen LogP contribution in [0.3, 0.4) is 0 Å². The van der Waals surface area contributed by atoms with Gasteiger partial charge in [-0.15, -0.1) is 0 Å². The van der Waals surface area contributed by atoms with E-state index in [1.54, 1.807) is 13.0 Å². The van der Waals surface area contributed by atoms with Gasteiger partial charge in [0.2, 0.25) is 6.41 Å². The number of carbonyl (C=O) groups excluding carboxylic acids is 1. The number of aromatic nitrogens is 4. The Morgan fingerprint density at radius 3 is 2.33 bits per heavy atom. The van der Waals surface area contributed by atoms with Gasteiger partial charge in [-0.25, -0.2) is 13.6 Å². The van der Waals surface area contributed by atoms with Gasteiger partial charge in [0.1, 0.15) is 12.4 Å². The van der Waals surface area contributed by atoms with Crippen LogP contribution in [0.1, 0.15) is 22.5 Å². The monoisotopic (exact) mass is 603 g/mol. The highest BCUT2D eigenvalue weighted by Gasteiger charge is 2.33. The largest absolute Gasteiger partial charge is 0.493 e. The minimum atomic E-state index is -4.76. The third-order valence-electron chi connectivity index (χ3n) is 6.48. The maximum atomic E-state index is 15.4. The SMILES string of the molecule is COc1cc(-c2cc(C(F)(F)F)cc3c2n(C)c(=O)n3Cc2ccc(F)cc2)cc(F)c1OCc1cc(C)[nH]n1.NC=O. The van der Waals surface area contributed by atoms with Crippen LogP contribution in [-0.4, -0.2) is 32.9 Å². The second-order valence-electron chi connectivity index (χ2n) is 9.40. The minimum Gasteiger partial charge on any atom is -0.493 e. The molecule has 0 saturated carbocycles. The molecular formula is C29H26F5N5O4. The fourth-order valence-electron chi connectivity index (χ4n) is 4.58. The zero-order valence-electron chi connectivity index (χ0n) is 23.1. The number of hydrogen-bond donors (Lipinski definition) is 2. The summed E-state index contributed by atoms with van der Waals surface area (Å²) >= 11 is 0. The van der Waals surface area contributed by atoms with Crippen molar-refractivity contribution in [3.8, 4) is 22.6 Å². The van der Waals surface area contributed by atoms with Crippen LogP contribution in [0.5, 0.6) is 11.5 Å². The number of methoxy groups -OCH3 is 1. The molecule has 0 aliphatic carbocycles. The molecule has 0 aliphatic heterocycles. The normalized spacial score (nSPS) is 11.3. The van der Waals surface area contributed by atoms with Crippen molar-refractivity contribution in [2.75, 3.05) is 7.11 Å². The molecule has 3 aromatic carbocycles. The Bertz CT molecular complexity index is 1820. The summed E-state index contributed by atoms with van der Waals surface area (Å²) in [5.41, 5.74) is 4.50. The third-order valence-corrected chi connectivity index (χ3v) is 6.48. The number of aryl methyl sites for hydroxylation is 2. The molecule has 226 valence electrons. The molecule has 14 heteroatoms. The first kappa shape index (κ1) is 30.8. The lowest BCUT2D eigenvalue weighted by Gasteiger charge is -2.16. The highest BCUT2D eigenvalue weighted by atomic mass is 19.4. The van der Waals surface area contributed by atoms with Gasteiger partial charge in [0.25, 0.3) is 0 Å². The molecule has 2 aromatic heterocycles. The first-order chi connectivity index (χ1) is 20.4. The summed E-state index contributed by atoms with van der Waals surface area (Å²) in [7, 11) is 2.69. The minimum absolute atomic E-state index is 0.0183. The second kappa shape index (κ2) is 12.4. The summed E-state index contributed by atoms with van der Waals surface area (Å²) in [6, 6.07) is 11.1. The maximum Gasteiger partial charge on any atom is 0.416 e. The van der Waals surface area contributed by atoms with E-state index in [9.17, 15) is 22.4 Å². The number of imidazole rings is 1. The quantitative estimate of drug-likeness (QED) is 0.199. The first-order valence-electron chi connectivity index (χ1n) is 12.6. The summed E-state index contributed by atoms with van der Waals surface area (Å²) in [4.78, 5) is 21.8. The molecule has 0 spiro atoms. The standard InChI is InChI=1S/C28H23F5N4O3.CH3NO/c1-15-8-20(35-34-15)14-40-26-22(30)9-17(10-24(26)39-3)21-11-18(28(31,32)33)12-23-25(21)36(2)27(38)37(23)13-16-4-6-19(29)7-5-16;2-1-3/h4-12H,13-14H2,1-3H3,(H,34,35);1H,(H2,2,3). The number of amides is 1. The van der Waals surface area contributed by atoms with E-state index in [4.69, 9.17) is 14.3 Å². The van der Waals surface area contributed by atoms with Gasteiger partial charge in [-0.05, 0) is 60.5 Å². The number of aromatic amines is 1. The van der Waals surface area contributed by atoms with E-state index in [1.807, 2.05) is 0 Å². The van der Waals surface area contributed by atoms with Crippen LogP contribution in [0, 0.1) is 18.6 Å². The van der Waals surface area contributed by atoms with Gasteiger partial charge in [0.05, 0.1) is 35.9 Å². The van der Waals surface area contributed by atoms with Crippen LogP contribution in [0.4, 0.5) is 22.0 Å². The van der Waals surface area contributed by atoms with Crippen molar-refractivity contribution < 1.29 is 36.2 Å². The average Bonchev–Trinajstić information content (AvgIpc) is 3.48. The fourth-order valence-corrected chi connectivity index (χ4v) is 4.58. The highest BCUT2D eigenvalue weighted by Crippen LogP contribution is 2.41. The van der Waals surface area contributed by atoms with E-state index in [1.165, 1.54) is 49.1 Å². The number of hydrogen-bond acceptors (Lipinski definition) is 5. The van der Waals surface area contributed by atoms with Crippen LogP contribution in [0.2, 0.25) is 0 Å². The van der Waals surface area contributed by atoms with Crippen molar-refractivity contribution in [2.45, 2.75) is 26.3 Å². The van der Waals surface area contributed by atoms with Gasteiger partial charge in [-0.2, -0.15) is 18.3 Å². The zero-order chi connectivity index (χ0) is 31.5. The van der Waals surface area contributed by atoms with E-state index in [-0.39, 0.29) is 53.2 Å². The van der Waals surface area contributed by atoms with Crippen LogP contribution < -0.4 is 20.9 Å². The number of alkyl halides is 3. The summed E-state index contributed by atoms with van der Waals surface area (Å²) < 4.78 is 84.1. The topological polar surface area (TPSA) is 117 Å². The smallest absolute Gasteiger partial charge is 0.416 e. The molecule has 0 aliphatic rings. The predicted octanol–water partition coefficient (Wildman–Crippen LogP) is 5.07. The highest BCUT2D eigenvalue weighted by molar-refractivity contribution is 5.94. The second-order valence-corrected chi connectivity index (χ2v) is 9.40. The number of halogens is 5. The molecule has 0 atom stereocenters. The Kier molecular flexibility index (Phi) is 8.88. The molecular weight excluding hydrogens is 577 g/mol. The van der Waals surface area contributed by atoms with Gasteiger partial charge in [0, 0.05) is 18.3 Å². The van der Waals surface area contributed by atoms with E-state index in [0.29, 0.717) is 11.3 Å². The molecule has 0 fully saturated rings. The number of nitrogens with one attached hydrogen (secondary N) is 1. The molecule has 0 radical (unpaired) electrons. The number of ether oxygens (including phenoxy) is 2. The van der Waals surface area contributed by atoms with Gasteiger partial charge >= 0.3 is 11.9 Å². The molecule has 0 bridgehead atoms. The summed E-state index contributed by atoms with van der Waals surface area (Å²) in [6.45, 7) is 1.61. The van der Waals surface area contributed by atoms with E-state index in [2.05, 4.69) is 15.9 Å². The molecule has 3 N–H and O–H groups in total. The molecule has 5 aromatic rings. The van der Waals surface area contributed by atoms with Crippen molar-refractivity contribution >= 4 is 17.4 Å². The van der Waals surface area contributed by atoms with E-state index >= 15 is 4.39 Å². The molecule has 2 heterocycles. The average molecular weight is 604 g/mol. The Morgan fingerprint density at radius 1 is 1.07 bits per heavy atom. The summed E-state index contributed by atoms with van der Waals surface area (Å²) in [5, 5.41) is 6.78. The first-order valence-corrected chi connectivity index (χ1v) is 12.6. The van der Waals surface area contributed by atoms with Crippen molar-refractivity contribution in [1.29, 1.82) is 0 Å². The van der Waals surface area contributed by atoms with Crippen molar-refractivity contribution in [2.24, 2.45) is 12.8 Å². The Labute approximate surface area is 241 Å². The lowest BCUT2D eigenvalue weighted by atomic mass is 9.99. The van der Waals surface area contributed by atoms with E-state index < -0.39 is 29.1 Å². The maximum absolute atomic E-state index is 15.4. The molecule has 9 nitrogen and oxygen atoms in total. The van der Waals surface area contributed by atoms with Crippen LogP contribution in [0.25, 0.3) is 22.2 Å². The van der Waals surface area contributed by atoms with Gasteiger partial charge < -0.3 is 15.2 Å². The van der Waals surface area contributed by atoms with Crippen LogP contribution in [0.15, 0.2) is 59.4 Å². The van der Waals surface area contributed by atoms with Crippen molar-refractivity contribution in [3.05, 3.63) is 99.2 Å². The number of nitrogens with zero attached hydrogens (tertiary/aromatic N) is 3. The lowest BCUT2D eigenvalue weighted by Crippen LogP contribution is -2.22.